The van der Waals surface area contributed by atoms with E-state index in [4.69, 9.17) is 4.74 Å². The monoisotopic (exact) mass is 307 g/mol. The third kappa shape index (κ3) is 3.82. The summed E-state index contributed by atoms with van der Waals surface area (Å²) >= 11 is 0. The zero-order chi connectivity index (χ0) is 15.4. The fraction of sp³-hybridized carbons (Fsp3) is 0.714. The van der Waals surface area contributed by atoms with Gasteiger partial charge in [0.2, 0.25) is 11.8 Å². The molecule has 8 heteroatoms. The van der Waals surface area contributed by atoms with Crippen molar-refractivity contribution in [2.45, 2.75) is 44.8 Å². The molecule has 2 amide bonds. The molecule has 1 aliphatic heterocycles. The molecule has 2 heterocycles. The fourth-order valence-electron chi connectivity index (χ4n) is 2.57. The molecule has 1 atom stereocenters. The second kappa shape index (κ2) is 6.87. The number of nitrogens with one attached hydrogen (secondary N) is 2. The lowest BCUT2D eigenvalue weighted by atomic mass is 9.85. The minimum Gasteiger partial charge on any atom is -0.376 e. The van der Waals surface area contributed by atoms with E-state index in [2.05, 4.69) is 20.9 Å². The standard InChI is InChI=1S/C14H21N5O3/c20-13(15-7-11-5-2-6-22-11)9-19-8-12(17-18-19)16-14(21)10-3-1-4-10/h8,10-11H,1-7,9H2,(H,15,20)(H,16,21). The minimum atomic E-state index is -0.141. The van der Waals surface area contributed by atoms with E-state index >= 15 is 0 Å². The van der Waals surface area contributed by atoms with E-state index in [-0.39, 0.29) is 30.4 Å². The predicted octanol–water partition coefficient (Wildman–Crippen LogP) is 0.312. The Bertz CT molecular complexity index is 534. The van der Waals surface area contributed by atoms with Crippen LogP contribution in [0.15, 0.2) is 6.20 Å². The maximum atomic E-state index is 11.8. The van der Waals surface area contributed by atoms with Gasteiger partial charge >= 0.3 is 0 Å². The van der Waals surface area contributed by atoms with Gasteiger partial charge in [-0.05, 0) is 25.7 Å². The van der Waals surface area contributed by atoms with Crippen LogP contribution in [-0.2, 0) is 20.9 Å². The number of carbonyl (C=O) groups is 2. The molecule has 1 saturated carbocycles. The summed E-state index contributed by atoms with van der Waals surface area (Å²) in [6.07, 6.45) is 6.71. The smallest absolute Gasteiger partial charge is 0.241 e. The van der Waals surface area contributed by atoms with Crippen LogP contribution < -0.4 is 10.6 Å². The molecule has 2 aliphatic rings. The van der Waals surface area contributed by atoms with Crippen LogP contribution in [0.4, 0.5) is 5.82 Å². The van der Waals surface area contributed by atoms with Crippen molar-refractivity contribution in [3.8, 4) is 0 Å². The van der Waals surface area contributed by atoms with Crippen molar-refractivity contribution in [3.63, 3.8) is 0 Å². The van der Waals surface area contributed by atoms with Crippen molar-refractivity contribution >= 4 is 17.6 Å². The SMILES string of the molecule is O=C(Cn1cc(NC(=O)C2CCC2)nn1)NCC1CCCO1. The van der Waals surface area contributed by atoms with Crippen molar-refractivity contribution in [2.75, 3.05) is 18.5 Å². The second-order valence-electron chi connectivity index (χ2n) is 5.86. The number of nitrogens with zero attached hydrogens (tertiary/aromatic N) is 3. The van der Waals surface area contributed by atoms with Crippen LogP contribution in [0.2, 0.25) is 0 Å². The molecule has 0 aromatic carbocycles. The van der Waals surface area contributed by atoms with Gasteiger partial charge < -0.3 is 15.4 Å². The lowest BCUT2D eigenvalue weighted by Crippen LogP contribution is -2.34. The second-order valence-corrected chi connectivity index (χ2v) is 5.86. The molecule has 1 aromatic heterocycles. The van der Waals surface area contributed by atoms with Gasteiger partial charge in [-0.3, -0.25) is 9.59 Å². The highest BCUT2D eigenvalue weighted by atomic mass is 16.5. The molecule has 1 saturated heterocycles. The number of anilines is 1. The summed E-state index contributed by atoms with van der Waals surface area (Å²) in [5.74, 6) is 0.335. The van der Waals surface area contributed by atoms with Crippen LogP contribution >= 0.6 is 0 Å². The van der Waals surface area contributed by atoms with E-state index in [1.807, 2.05) is 0 Å². The number of rotatable bonds is 6. The Morgan fingerprint density at radius 1 is 1.32 bits per heavy atom. The van der Waals surface area contributed by atoms with Gasteiger partial charge in [-0.15, -0.1) is 5.10 Å². The predicted molar refractivity (Wildman–Crippen MR) is 78.0 cm³/mol. The third-order valence-electron chi connectivity index (χ3n) is 4.12. The molecule has 1 unspecified atom stereocenters. The van der Waals surface area contributed by atoms with Crippen LogP contribution in [0, 0.1) is 5.92 Å². The number of amides is 2. The number of aromatic nitrogens is 3. The molecule has 0 radical (unpaired) electrons. The van der Waals surface area contributed by atoms with Gasteiger partial charge in [0, 0.05) is 19.1 Å². The Balaban J connectivity index is 1.42. The Kier molecular flexibility index (Phi) is 4.67. The first kappa shape index (κ1) is 15.0. The zero-order valence-electron chi connectivity index (χ0n) is 12.5. The van der Waals surface area contributed by atoms with Crippen molar-refractivity contribution in [1.82, 2.24) is 20.3 Å². The maximum Gasteiger partial charge on any atom is 0.241 e. The molecule has 22 heavy (non-hydrogen) atoms. The van der Waals surface area contributed by atoms with E-state index in [0.29, 0.717) is 12.4 Å². The first-order chi connectivity index (χ1) is 10.7. The van der Waals surface area contributed by atoms with Crippen molar-refractivity contribution in [3.05, 3.63) is 6.20 Å². The van der Waals surface area contributed by atoms with Crippen molar-refractivity contribution < 1.29 is 14.3 Å². The summed E-state index contributed by atoms with van der Waals surface area (Å²) in [5, 5.41) is 13.3. The van der Waals surface area contributed by atoms with E-state index < -0.39 is 0 Å². The largest absolute Gasteiger partial charge is 0.376 e. The third-order valence-corrected chi connectivity index (χ3v) is 4.12. The molecule has 8 nitrogen and oxygen atoms in total. The van der Waals surface area contributed by atoms with Crippen LogP contribution in [0.25, 0.3) is 0 Å². The molecule has 0 bridgehead atoms. The van der Waals surface area contributed by atoms with E-state index in [1.165, 1.54) is 4.68 Å². The summed E-state index contributed by atoms with van der Waals surface area (Å²) in [4.78, 5) is 23.6. The normalized spacial score (nSPS) is 21.4. The zero-order valence-corrected chi connectivity index (χ0v) is 12.5. The molecular formula is C14H21N5O3. The molecule has 1 aliphatic carbocycles. The lowest BCUT2D eigenvalue weighted by Gasteiger charge is -2.23. The number of carbonyl (C=O) groups excluding carboxylic acids is 2. The first-order valence-corrected chi connectivity index (χ1v) is 7.80. The summed E-state index contributed by atoms with van der Waals surface area (Å²) < 4.78 is 6.86. The Morgan fingerprint density at radius 3 is 2.86 bits per heavy atom. The Morgan fingerprint density at radius 2 is 2.18 bits per heavy atom. The summed E-state index contributed by atoms with van der Waals surface area (Å²) in [7, 11) is 0. The average molecular weight is 307 g/mol. The molecule has 120 valence electrons. The molecule has 2 N–H and O–H groups in total. The number of hydrogen-bond donors (Lipinski definition) is 2. The van der Waals surface area contributed by atoms with Gasteiger partial charge in [0.15, 0.2) is 5.82 Å². The number of ether oxygens (including phenoxy) is 1. The fourth-order valence-corrected chi connectivity index (χ4v) is 2.57. The topological polar surface area (TPSA) is 98.1 Å². The van der Waals surface area contributed by atoms with Gasteiger partial charge in [0.25, 0.3) is 0 Å². The van der Waals surface area contributed by atoms with Crippen LogP contribution in [0.5, 0.6) is 0 Å². The maximum absolute atomic E-state index is 11.8. The molecule has 2 fully saturated rings. The van der Waals surface area contributed by atoms with Gasteiger partial charge in [-0.1, -0.05) is 11.6 Å². The Labute approximate surface area is 128 Å². The van der Waals surface area contributed by atoms with Crippen molar-refractivity contribution in [2.24, 2.45) is 5.92 Å². The highest BCUT2D eigenvalue weighted by Crippen LogP contribution is 2.27. The highest BCUT2D eigenvalue weighted by molar-refractivity contribution is 5.92. The van der Waals surface area contributed by atoms with E-state index in [1.54, 1.807) is 6.20 Å². The minimum absolute atomic E-state index is 0.0128. The first-order valence-electron chi connectivity index (χ1n) is 7.80. The lowest BCUT2D eigenvalue weighted by molar-refractivity contribution is -0.123. The quantitative estimate of drug-likeness (QED) is 0.788. The van der Waals surface area contributed by atoms with Crippen LogP contribution in [0.1, 0.15) is 32.1 Å². The average Bonchev–Trinajstić information content (AvgIpc) is 3.06. The van der Waals surface area contributed by atoms with Crippen molar-refractivity contribution in [1.29, 1.82) is 0 Å². The van der Waals surface area contributed by atoms with E-state index in [0.717, 1.165) is 38.7 Å². The molecule has 3 rings (SSSR count). The number of hydrogen-bond acceptors (Lipinski definition) is 5. The summed E-state index contributed by atoms with van der Waals surface area (Å²) in [5.41, 5.74) is 0. The molecule has 1 aromatic rings. The Hall–Kier alpha value is -1.96. The van der Waals surface area contributed by atoms with Crippen LogP contribution in [0.3, 0.4) is 0 Å². The van der Waals surface area contributed by atoms with Gasteiger partial charge in [-0.2, -0.15) is 0 Å². The van der Waals surface area contributed by atoms with E-state index in [9.17, 15) is 9.59 Å². The van der Waals surface area contributed by atoms with Crippen LogP contribution in [-0.4, -0.2) is 46.1 Å². The van der Waals surface area contributed by atoms with Gasteiger partial charge in [0.05, 0.1) is 12.3 Å². The van der Waals surface area contributed by atoms with Gasteiger partial charge in [-0.25, -0.2) is 4.68 Å². The summed E-state index contributed by atoms with van der Waals surface area (Å²) in [6, 6.07) is 0. The highest BCUT2D eigenvalue weighted by Gasteiger charge is 2.25. The molecular weight excluding hydrogens is 286 g/mol. The summed E-state index contributed by atoms with van der Waals surface area (Å²) in [6.45, 7) is 1.38. The van der Waals surface area contributed by atoms with Gasteiger partial charge in [0.1, 0.15) is 6.54 Å². The molecule has 0 spiro atoms.